The number of nitrogens with one attached hydrogen (secondary N) is 1. The first-order valence-electron chi connectivity index (χ1n) is 6.25. The molecule has 110 valence electrons. The Morgan fingerprint density at radius 1 is 1.14 bits per heavy atom. The molecular weight excluding hydrogens is 292 g/mol. The third kappa shape index (κ3) is 2.79. The Labute approximate surface area is 122 Å². The van der Waals surface area contributed by atoms with Crippen molar-refractivity contribution in [2.45, 2.75) is 6.23 Å². The van der Waals surface area contributed by atoms with Gasteiger partial charge in [0.2, 0.25) is 16.3 Å². The smallest absolute Gasteiger partial charge is 0.229 e. The van der Waals surface area contributed by atoms with Gasteiger partial charge in [0.15, 0.2) is 0 Å². The SMILES string of the molecule is CS(=O)(=O)Nc1ccc(C2Oc3ccccc3N2O)cc1. The van der Waals surface area contributed by atoms with E-state index in [2.05, 4.69) is 4.72 Å². The van der Waals surface area contributed by atoms with Crippen molar-refractivity contribution in [3.8, 4) is 5.75 Å². The van der Waals surface area contributed by atoms with E-state index in [0.29, 0.717) is 22.7 Å². The Morgan fingerprint density at radius 2 is 1.81 bits per heavy atom. The van der Waals surface area contributed by atoms with Crippen LogP contribution in [0.25, 0.3) is 0 Å². The first-order valence-corrected chi connectivity index (χ1v) is 8.15. The van der Waals surface area contributed by atoms with Gasteiger partial charge in [-0.15, -0.1) is 0 Å². The fourth-order valence-electron chi connectivity index (χ4n) is 2.18. The maximum absolute atomic E-state index is 11.2. The van der Waals surface area contributed by atoms with E-state index in [0.717, 1.165) is 11.3 Å². The van der Waals surface area contributed by atoms with Crippen molar-refractivity contribution in [1.29, 1.82) is 0 Å². The van der Waals surface area contributed by atoms with E-state index in [1.165, 1.54) is 0 Å². The minimum absolute atomic E-state index is 0.459. The zero-order chi connectivity index (χ0) is 15.0. The number of anilines is 2. The molecule has 1 aliphatic rings. The lowest BCUT2D eigenvalue weighted by Gasteiger charge is -2.18. The summed E-state index contributed by atoms with van der Waals surface area (Å²) in [5.41, 5.74) is 1.77. The molecule has 2 N–H and O–H groups in total. The van der Waals surface area contributed by atoms with Crippen LogP contribution in [0.4, 0.5) is 11.4 Å². The van der Waals surface area contributed by atoms with Crippen LogP contribution in [0.5, 0.6) is 5.75 Å². The molecule has 1 heterocycles. The Hall–Kier alpha value is -2.25. The molecule has 2 aromatic rings. The molecule has 0 bridgehead atoms. The van der Waals surface area contributed by atoms with Crippen LogP contribution in [-0.2, 0) is 10.0 Å². The zero-order valence-corrected chi connectivity index (χ0v) is 12.0. The van der Waals surface area contributed by atoms with Crippen molar-refractivity contribution in [2.75, 3.05) is 16.0 Å². The van der Waals surface area contributed by atoms with Gasteiger partial charge in [0.1, 0.15) is 11.4 Å². The Bertz CT molecular complexity index is 759. The summed E-state index contributed by atoms with van der Waals surface area (Å²) in [6, 6.07) is 13.8. The van der Waals surface area contributed by atoms with Gasteiger partial charge >= 0.3 is 0 Å². The summed E-state index contributed by atoms with van der Waals surface area (Å²) in [6.45, 7) is 0. The van der Waals surface area contributed by atoms with Gasteiger partial charge in [-0.2, -0.15) is 0 Å². The molecule has 7 heteroatoms. The lowest BCUT2D eigenvalue weighted by atomic mass is 10.2. The number of fused-ring (bicyclic) bond motifs is 1. The average molecular weight is 306 g/mol. The number of hydroxylamine groups is 1. The number of benzene rings is 2. The summed E-state index contributed by atoms with van der Waals surface area (Å²) in [6.07, 6.45) is 0.447. The number of ether oxygens (including phenoxy) is 1. The Morgan fingerprint density at radius 3 is 2.43 bits per heavy atom. The standard InChI is InChI=1S/C14H14N2O4S/c1-21(18,19)15-11-8-6-10(7-9-11)14-16(17)12-4-2-3-5-13(12)20-14/h2-9,14-15,17H,1H3. The van der Waals surface area contributed by atoms with E-state index in [9.17, 15) is 13.6 Å². The minimum atomic E-state index is -3.30. The normalized spacial score (nSPS) is 17.2. The molecule has 0 saturated heterocycles. The molecule has 6 nitrogen and oxygen atoms in total. The fourth-order valence-corrected chi connectivity index (χ4v) is 2.75. The van der Waals surface area contributed by atoms with E-state index < -0.39 is 16.3 Å². The van der Waals surface area contributed by atoms with Gasteiger partial charge in [0.25, 0.3) is 0 Å². The molecule has 1 aliphatic heterocycles. The van der Waals surface area contributed by atoms with Crippen molar-refractivity contribution >= 4 is 21.4 Å². The first-order chi connectivity index (χ1) is 9.94. The Balaban J connectivity index is 1.83. The van der Waals surface area contributed by atoms with E-state index in [4.69, 9.17) is 4.74 Å². The third-order valence-corrected chi connectivity index (χ3v) is 3.68. The molecule has 3 rings (SSSR count). The molecule has 0 aromatic heterocycles. The number of rotatable bonds is 3. The molecule has 2 aromatic carbocycles. The molecule has 1 atom stereocenters. The predicted octanol–water partition coefficient (Wildman–Crippen LogP) is 2.34. The van der Waals surface area contributed by atoms with Gasteiger partial charge in [0, 0.05) is 11.3 Å². The summed E-state index contributed by atoms with van der Waals surface area (Å²) in [4.78, 5) is 0. The monoisotopic (exact) mass is 306 g/mol. The van der Waals surface area contributed by atoms with Crippen LogP contribution < -0.4 is 14.5 Å². The molecule has 1 unspecified atom stereocenters. The summed E-state index contributed by atoms with van der Waals surface area (Å²) in [7, 11) is -3.30. The van der Waals surface area contributed by atoms with Crippen LogP contribution in [0.3, 0.4) is 0 Å². The molecule has 0 fully saturated rings. The van der Waals surface area contributed by atoms with E-state index in [1.54, 1.807) is 36.4 Å². The van der Waals surface area contributed by atoms with Crippen molar-refractivity contribution in [3.63, 3.8) is 0 Å². The van der Waals surface area contributed by atoms with Gasteiger partial charge in [0.05, 0.1) is 6.26 Å². The third-order valence-electron chi connectivity index (χ3n) is 3.07. The van der Waals surface area contributed by atoms with E-state index in [1.807, 2.05) is 12.1 Å². The average Bonchev–Trinajstić information content (AvgIpc) is 2.76. The predicted molar refractivity (Wildman–Crippen MR) is 79.0 cm³/mol. The van der Waals surface area contributed by atoms with Gasteiger partial charge in [-0.3, -0.25) is 9.93 Å². The largest absolute Gasteiger partial charge is 0.462 e. The topological polar surface area (TPSA) is 78.9 Å². The number of hydrogen-bond acceptors (Lipinski definition) is 5. The maximum atomic E-state index is 11.2. The van der Waals surface area contributed by atoms with Gasteiger partial charge in [-0.25, -0.2) is 13.5 Å². The summed E-state index contributed by atoms with van der Waals surface area (Å²) in [5.74, 6) is 0.600. The number of para-hydroxylation sites is 2. The van der Waals surface area contributed by atoms with Crippen LogP contribution >= 0.6 is 0 Å². The summed E-state index contributed by atoms with van der Waals surface area (Å²) in [5, 5.41) is 11.2. The molecule has 0 radical (unpaired) electrons. The van der Waals surface area contributed by atoms with Crippen molar-refractivity contribution in [3.05, 3.63) is 54.1 Å². The second kappa shape index (κ2) is 4.94. The second-order valence-corrected chi connectivity index (χ2v) is 6.53. The lowest BCUT2D eigenvalue weighted by Crippen LogP contribution is -2.23. The molecule has 0 amide bonds. The Kier molecular flexibility index (Phi) is 3.23. The highest BCUT2D eigenvalue weighted by Crippen LogP contribution is 2.41. The number of hydrogen-bond donors (Lipinski definition) is 2. The van der Waals surface area contributed by atoms with Gasteiger partial charge in [-0.1, -0.05) is 24.3 Å². The van der Waals surface area contributed by atoms with E-state index >= 15 is 0 Å². The number of nitrogens with zero attached hydrogens (tertiary/aromatic N) is 1. The maximum Gasteiger partial charge on any atom is 0.229 e. The van der Waals surface area contributed by atoms with Crippen LogP contribution in [0.2, 0.25) is 0 Å². The van der Waals surface area contributed by atoms with E-state index in [-0.39, 0.29) is 0 Å². The first kappa shape index (κ1) is 13.7. The number of sulfonamides is 1. The highest BCUT2D eigenvalue weighted by atomic mass is 32.2. The van der Waals surface area contributed by atoms with Gasteiger partial charge < -0.3 is 4.74 Å². The van der Waals surface area contributed by atoms with Crippen LogP contribution in [0, 0.1) is 0 Å². The minimum Gasteiger partial charge on any atom is -0.462 e. The highest BCUT2D eigenvalue weighted by molar-refractivity contribution is 7.92. The molecule has 0 aliphatic carbocycles. The second-order valence-electron chi connectivity index (χ2n) is 4.78. The zero-order valence-electron chi connectivity index (χ0n) is 11.2. The molecule has 0 spiro atoms. The molecular formula is C14H14N2O4S. The van der Waals surface area contributed by atoms with Crippen molar-refractivity contribution < 1.29 is 18.4 Å². The summed E-state index contributed by atoms with van der Waals surface area (Å²) >= 11 is 0. The van der Waals surface area contributed by atoms with Crippen LogP contribution in [0.1, 0.15) is 11.8 Å². The molecule has 0 saturated carbocycles. The van der Waals surface area contributed by atoms with Crippen LogP contribution in [0.15, 0.2) is 48.5 Å². The quantitative estimate of drug-likeness (QED) is 0.910. The van der Waals surface area contributed by atoms with Crippen molar-refractivity contribution in [2.24, 2.45) is 0 Å². The van der Waals surface area contributed by atoms with Gasteiger partial charge in [-0.05, 0) is 24.3 Å². The summed E-state index contributed by atoms with van der Waals surface area (Å²) < 4.78 is 30.4. The van der Waals surface area contributed by atoms with Crippen molar-refractivity contribution in [1.82, 2.24) is 0 Å². The van der Waals surface area contributed by atoms with Crippen LogP contribution in [-0.4, -0.2) is 19.9 Å². The lowest BCUT2D eigenvalue weighted by molar-refractivity contribution is 0.114. The molecule has 21 heavy (non-hydrogen) atoms. The fraction of sp³-hybridized carbons (Fsp3) is 0.143. The highest BCUT2D eigenvalue weighted by Gasteiger charge is 2.30.